The molecule has 0 aromatic heterocycles. The van der Waals surface area contributed by atoms with Crippen LogP contribution in [0.4, 0.5) is 0 Å². The molecular formula is C20H35NO3. The average molecular weight is 338 g/mol. The largest absolute Gasteiger partial charge is 0.395 e. The number of nitrogens with one attached hydrogen (secondary N) is 1. The molecule has 0 aromatic carbocycles. The third kappa shape index (κ3) is 8.62. The number of hydrogen-bond acceptors (Lipinski definition) is 3. The van der Waals surface area contributed by atoms with Gasteiger partial charge in [0.05, 0.1) is 6.61 Å². The van der Waals surface area contributed by atoms with Crippen LogP contribution in [0.3, 0.4) is 0 Å². The molecule has 0 radical (unpaired) electrons. The summed E-state index contributed by atoms with van der Waals surface area (Å²) in [7, 11) is 0. The molecule has 1 amide bonds. The van der Waals surface area contributed by atoms with Crippen LogP contribution in [-0.4, -0.2) is 29.9 Å². The number of unbranched alkanes of at least 4 members (excludes halogenated alkanes) is 8. The van der Waals surface area contributed by atoms with Gasteiger partial charge in [-0.1, -0.05) is 64.4 Å². The Hall–Kier alpha value is -1.16. The molecule has 1 aliphatic rings. The van der Waals surface area contributed by atoms with Crippen molar-refractivity contribution in [1.29, 1.82) is 0 Å². The molecule has 1 unspecified atom stereocenters. The Morgan fingerprint density at radius 2 is 1.75 bits per heavy atom. The van der Waals surface area contributed by atoms with Gasteiger partial charge in [0.15, 0.2) is 5.78 Å². The lowest BCUT2D eigenvalue weighted by Crippen LogP contribution is -2.29. The first-order valence-electron chi connectivity index (χ1n) is 9.79. The first kappa shape index (κ1) is 20.9. The zero-order valence-electron chi connectivity index (χ0n) is 15.3. The van der Waals surface area contributed by atoms with Crippen molar-refractivity contribution in [1.82, 2.24) is 5.32 Å². The molecule has 1 rings (SSSR count). The number of ketones is 1. The minimum absolute atomic E-state index is 0.0630. The highest BCUT2D eigenvalue weighted by Crippen LogP contribution is 2.27. The second kappa shape index (κ2) is 13.2. The Bertz CT molecular complexity index is 404. The van der Waals surface area contributed by atoms with Crippen LogP contribution in [-0.2, 0) is 9.59 Å². The third-order valence-electron chi connectivity index (χ3n) is 4.75. The van der Waals surface area contributed by atoms with E-state index in [0.29, 0.717) is 6.42 Å². The van der Waals surface area contributed by atoms with Gasteiger partial charge in [0, 0.05) is 18.9 Å². The van der Waals surface area contributed by atoms with Gasteiger partial charge in [-0.2, -0.15) is 0 Å². The number of Topliss-reactive ketones (excluding diaryl/α,β-unsaturated/α-hetero) is 1. The van der Waals surface area contributed by atoms with Crippen molar-refractivity contribution in [2.24, 2.45) is 5.92 Å². The maximum absolute atomic E-state index is 12.3. The van der Waals surface area contributed by atoms with Crippen LogP contribution in [0.1, 0.15) is 84.0 Å². The highest BCUT2D eigenvalue weighted by molar-refractivity contribution is 6.01. The van der Waals surface area contributed by atoms with Gasteiger partial charge in [-0.25, -0.2) is 0 Å². The molecule has 0 fully saturated rings. The molecule has 1 aliphatic carbocycles. The molecule has 0 aromatic rings. The van der Waals surface area contributed by atoms with Crippen molar-refractivity contribution < 1.29 is 14.7 Å². The SMILES string of the molecule is CCCCCCCCCCCC1=CCC(CC(=O)NCCO)C1=O. The van der Waals surface area contributed by atoms with Gasteiger partial charge in [-0.3, -0.25) is 9.59 Å². The summed E-state index contributed by atoms with van der Waals surface area (Å²) in [6.45, 7) is 2.44. The third-order valence-corrected chi connectivity index (χ3v) is 4.75. The zero-order chi connectivity index (χ0) is 17.6. The molecule has 0 bridgehead atoms. The van der Waals surface area contributed by atoms with Crippen LogP contribution in [0, 0.1) is 5.92 Å². The van der Waals surface area contributed by atoms with Crippen LogP contribution < -0.4 is 5.32 Å². The molecule has 0 saturated heterocycles. The van der Waals surface area contributed by atoms with Crippen molar-refractivity contribution in [3.63, 3.8) is 0 Å². The lowest BCUT2D eigenvalue weighted by Gasteiger charge is -2.09. The van der Waals surface area contributed by atoms with Crippen LogP contribution >= 0.6 is 0 Å². The molecule has 0 aliphatic heterocycles. The Morgan fingerprint density at radius 3 is 2.38 bits per heavy atom. The fraction of sp³-hybridized carbons (Fsp3) is 0.800. The molecule has 0 spiro atoms. The molecule has 4 nitrogen and oxygen atoms in total. The smallest absolute Gasteiger partial charge is 0.220 e. The quantitative estimate of drug-likeness (QED) is 0.472. The molecule has 24 heavy (non-hydrogen) atoms. The summed E-state index contributed by atoms with van der Waals surface area (Å²) in [6.07, 6.45) is 15.4. The zero-order valence-corrected chi connectivity index (χ0v) is 15.3. The second-order valence-electron chi connectivity index (χ2n) is 6.88. The van der Waals surface area contributed by atoms with E-state index in [-0.39, 0.29) is 37.2 Å². The van der Waals surface area contributed by atoms with Crippen LogP contribution in [0.2, 0.25) is 0 Å². The van der Waals surface area contributed by atoms with E-state index in [1.165, 1.54) is 51.4 Å². The average Bonchev–Trinajstić information content (AvgIpc) is 2.92. The number of carbonyl (C=O) groups excluding carboxylic acids is 2. The number of aliphatic hydroxyl groups is 1. The highest BCUT2D eigenvalue weighted by atomic mass is 16.3. The Kier molecular flexibility index (Phi) is 11.5. The van der Waals surface area contributed by atoms with Gasteiger partial charge in [0.1, 0.15) is 0 Å². The summed E-state index contributed by atoms with van der Waals surface area (Å²) in [6, 6.07) is 0. The first-order chi connectivity index (χ1) is 11.7. The normalized spacial score (nSPS) is 17.2. The minimum Gasteiger partial charge on any atom is -0.395 e. The van der Waals surface area contributed by atoms with E-state index in [1.54, 1.807) is 0 Å². The summed E-state index contributed by atoms with van der Waals surface area (Å²) in [4.78, 5) is 23.9. The monoisotopic (exact) mass is 337 g/mol. The number of hydrogen-bond donors (Lipinski definition) is 2. The maximum Gasteiger partial charge on any atom is 0.220 e. The van der Waals surface area contributed by atoms with Crippen molar-refractivity contribution in [2.75, 3.05) is 13.2 Å². The van der Waals surface area contributed by atoms with Crippen molar-refractivity contribution in [2.45, 2.75) is 84.0 Å². The summed E-state index contributed by atoms with van der Waals surface area (Å²) >= 11 is 0. The first-order valence-corrected chi connectivity index (χ1v) is 9.79. The van der Waals surface area contributed by atoms with Crippen LogP contribution in [0.5, 0.6) is 0 Å². The fourth-order valence-electron chi connectivity index (χ4n) is 3.27. The number of allylic oxidation sites excluding steroid dienone is 2. The van der Waals surface area contributed by atoms with Crippen molar-refractivity contribution >= 4 is 11.7 Å². The van der Waals surface area contributed by atoms with E-state index >= 15 is 0 Å². The van der Waals surface area contributed by atoms with Gasteiger partial charge < -0.3 is 10.4 Å². The Morgan fingerprint density at radius 1 is 1.12 bits per heavy atom. The highest BCUT2D eigenvalue weighted by Gasteiger charge is 2.28. The Balaban J connectivity index is 2.06. The number of carbonyl (C=O) groups is 2. The lowest BCUT2D eigenvalue weighted by atomic mass is 9.97. The summed E-state index contributed by atoms with van der Waals surface area (Å²) in [5.74, 6) is -0.161. The number of amides is 1. The van der Waals surface area contributed by atoms with Crippen molar-refractivity contribution in [3.8, 4) is 0 Å². The van der Waals surface area contributed by atoms with Gasteiger partial charge in [0.25, 0.3) is 0 Å². The van der Waals surface area contributed by atoms with Gasteiger partial charge in [-0.15, -0.1) is 0 Å². The van der Waals surface area contributed by atoms with Crippen LogP contribution in [0.15, 0.2) is 11.6 Å². The van der Waals surface area contributed by atoms with E-state index < -0.39 is 0 Å². The van der Waals surface area contributed by atoms with Gasteiger partial charge >= 0.3 is 0 Å². The molecule has 1 atom stereocenters. The lowest BCUT2D eigenvalue weighted by molar-refractivity contribution is -0.126. The predicted molar refractivity (Wildman–Crippen MR) is 97.8 cm³/mol. The predicted octanol–water partition coefficient (Wildman–Crippen LogP) is 3.92. The molecule has 2 N–H and O–H groups in total. The topological polar surface area (TPSA) is 66.4 Å². The second-order valence-corrected chi connectivity index (χ2v) is 6.88. The van der Waals surface area contributed by atoms with E-state index in [2.05, 4.69) is 12.2 Å². The molecule has 0 heterocycles. The molecule has 0 saturated carbocycles. The fourth-order valence-corrected chi connectivity index (χ4v) is 3.27. The summed E-state index contributed by atoms with van der Waals surface area (Å²) in [5.41, 5.74) is 0.929. The van der Waals surface area contributed by atoms with E-state index in [9.17, 15) is 9.59 Å². The van der Waals surface area contributed by atoms with E-state index in [0.717, 1.165) is 18.4 Å². The Labute approximate surface area is 147 Å². The van der Waals surface area contributed by atoms with E-state index in [4.69, 9.17) is 5.11 Å². The molecular weight excluding hydrogens is 302 g/mol. The van der Waals surface area contributed by atoms with E-state index in [1.807, 2.05) is 6.08 Å². The summed E-state index contributed by atoms with van der Waals surface area (Å²) < 4.78 is 0. The standard InChI is InChI=1S/C20H35NO3/c1-2-3-4-5-6-7-8-9-10-11-17-12-13-18(20(17)24)16-19(23)21-14-15-22/h12,18,22H,2-11,13-16H2,1H3,(H,21,23). The van der Waals surface area contributed by atoms with Gasteiger partial charge in [-0.05, 0) is 24.8 Å². The van der Waals surface area contributed by atoms with Gasteiger partial charge in [0.2, 0.25) is 5.91 Å². The number of aliphatic hydroxyl groups excluding tert-OH is 1. The summed E-state index contributed by atoms with van der Waals surface area (Å²) in [5, 5.41) is 11.3. The number of rotatable bonds is 14. The maximum atomic E-state index is 12.3. The molecule has 138 valence electrons. The van der Waals surface area contributed by atoms with Crippen molar-refractivity contribution in [3.05, 3.63) is 11.6 Å². The van der Waals surface area contributed by atoms with Crippen LogP contribution in [0.25, 0.3) is 0 Å². The molecule has 4 heteroatoms. The minimum atomic E-state index is -0.183.